The highest BCUT2D eigenvalue weighted by molar-refractivity contribution is 5.78. The fraction of sp³-hybridized carbons (Fsp3) is 0.875. The van der Waals surface area contributed by atoms with Crippen LogP contribution < -0.4 is 11.1 Å². The van der Waals surface area contributed by atoms with Gasteiger partial charge in [-0.1, -0.05) is 0 Å². The fourth-order valence-corrected chi connectivity index (χ4v) is 2.44. The van der Waals surface area contributed by atoms with E-state index in [1.165, 1.54) is 0 Å². The highest BCUT2D eigenvalue weighted by Gasteiger charge is 2.23. The summed E-state index contributed by atoms with van der Waals surface area (Å²) in [6, 6.07) is 0.261. The summed E-state index contributed by atoms with van der Waals surface area (Å²) in [4.78, 5) is 17.7. The molecule has 1 saturated heterocycles. The second-order valence-electron chi connectivity index (χ2n) is 5.68. The van der Waals surface area contributed by atoms with E-state index in [0.29, 0.717) is 45.4 Å². The molecular weight excluding hydrogens is 312 g/mol. The lowest BCUT2D eigenvalue weighted by Gasteiger charge is -2.31. The summed E-state index contributed by atoms with van der Waals surface area (Å²) >= 11 is 0. The van der Waals surface area contributed by atoms with Crippen LogP contribution in [-0.4, -0.2) is 76.2 Å². The van der Waals surface area contributed by atoms with Crippen molar-refractivity contribution in [1.82, 2.24) is 10.2 Å². The van der Waals surface area contributed by atoms with Gasteiger partial charge in [-0.05, 0) is 32.6 Å². The van der Waals surface area contributed by atoms with Gasteiger partial charge in [-0.15, -0.1) is 0 Å². The summed E-state index contributed by atoms with van der Waals surface area (Å²) < 4.78 is 15.3. The third-order valence-corrected chi connectivity index (χ3v) is 3.78. The van der Waals surface area contributed by atoms with Gasteiger partial charge in [-0.25, -0.2) is 4.79 Å². The molecule has 0 radical (unpaired) electrons. The lowest BCUT2D eigenvalue weighted by atomic mass is 10.1. The Bertz CT molecular complexity index is 371. The molecule has 0 saturated carbocycles. The van der Waals surface area contributed by atoms with Crippen LogP contribution in [0.3, 0.4) is 0 Å². The number of nitrogens with two attached hydrogens (primary N) is 1. The molecule has 0 aromatic rings. The van der Waals surface area contributed by atoms with Crippen molar-refractivity contribution < 1.29 is 19.0 Å². The summed E-state index contributed by atoms with van der Waals surface area (Å²) in [5.41, 5.74) is 5.91. The topological polar surface area (TPSA) is 98.4 Å². The fourth-order valence-electron chi connectivity index (χ4n) is 2.44. The Balaban J connectivity index is 2.08. The molecule has 0 unspecified atom stereocenters. The molecule has 0 atom stereocenters. The summed E-state index contributed by atoms with van der Waals surface area (Å²) in [5.74, 6) is 0.477. The van der Waals surface area contributed by atoms with Crippen molar-refractivity contribution in [3.05, 3.63) is 0 Å². The number of unbranched alkanes of at least 4 members (excludes halogenated alkanes) is 1. The third kappa shape index (κ3) is 8.93. The number of hydrogen-bond acceptors (Lipinski definition) is 5. The monoisotopic (exact) mass is 344 g/mol. The van der Waals surface area contributed by atoms with E-state index in [-0.39, 0.29) is 12.1 Å². The van der Waals surface area contributed by atoms with Gasteiger partial charge in [0.05, 0.1) is 19.8 Å². The van der Waals surface area contributed by atoms with Crippen molar-refractivity contribution in [3.8, 4) is 0 Å². The van der Waals surface area contributed by atoms with E-state index in [0.717, 1.165) is 32.3 Å². The molecule has 0 bridgehead atoms. The minimum atomic E-state index is -0.231. The molecule has 8 nitrogen and oxygen atoms in total. The number of hydrogen-bond donors (Lipinski definition) is 2. The van der Waals surface area contributed by atoms with Crippen LogP contribution in [0.4, 0.5) is 4.79 Å². The molecule has 3 N–H and O–H groups in total. The van der Waals surface area contributed by atoms with Gasteiger partial charge in [-0.3, -0.25) is 4.99 Å². The maximum Gasteiger partial charge on any atom is 0.409 e. The summed E-state index contributed by atoms with van der Waals surface area (Å²) in [5, 5.41) is 3.23. The summed E-state index contributed by atoms with van der Waals surface area (Å²) in [7, 11) is 1.66. The number of nitrogens with one attached hydrogen (secondary N) is 1. The molecule has 1 aliphatic heterocycles. The Labute approximate surface area is 144 Å². The number of amides is 1. The predicted molar refractivity (Wildman–Crippen MR) is 93.2 cm³/mol. The molecule has 24 heavy (non-hydrogen) atoms. The van der Waals surface area contributed by atoms with E-state index in [1.807, 2.05) is 6.92 Å². The molecule has 1 aliphatic rings. The second kappa shape index (κ2) is 12.8. The van der Waals surface area contributed by atoms with E-state index in [1.54, 1.807) is 12.0 Å². The first-order valence-electron chi connectivity index (χ1n) is 8.72. The van der Waals surface area contributed by atoms with Crippen LogP contribution in [-0.2, 0) is 14.2 Å². The van der Waals surface area contributed by atoms with Crippen LogP contribution in [0, 0.1) is 0 Å². The van der Waals surface area contributed by atoms with Gasteiger partial charge in [0.15, 0.2) is 5.96 Å². The van der Waals surface area contributed by atoms with E-state index in [2.05, 4.69) is 10.3 Å². The SMILES string of the molecule is CCOC(=O)N1CCC(NC(N)=NCCCCOCCOC)CC1. The van der Waals surface area contributed by atoms with Crippen molar-refractivity contribution in [2.45, 2.75) is 38.6 Å². The van der Waals surface area contributed by atoms with Gasteiger partial charge in [0.1, 0.15) is 0 Å². The molecular formula is C16H32N4O4. The third-order valence-electron chi connectivity index (χ3n) is 3.78. The zero-order valence-corrected chi connectivity index (χ0v) is 15.0. The molecule has 140 valence electrons. The normalized spacial score (nSPS) is 16.2. The molecule has 1 amide bonds. The molecule has 0 aromatic heterocycles. The van der Waals surface area contributed by atoms with Gasteiger partial charge in [0.2, 0.25) is 0 Å². The van der Waals surface area contributed by atoms with Crippen LogP contribution in [0.2, 0.25) is 0 Å². The van der Waals surface area contributed by atoms with Crippen molar-refractivity contribution in [1.29, 1.82) is 0 Å². The van der Waals surface area contributed by atoms with E-state index >= 15 is 0 Å². The molecule has 1 heterocycles. The average Bonchev–Trinajstić information content (AvgIpc) is 2.58. The zero-order valence-electron chi connectivity index (χ0n) is 15.0. The summed E-state index contributed by atoms with van der Waals surface area (Å²) in [6.45, 7) is 6.26. The standard InChI is InChI=1S/C16H32N4O4/c1-3-24-16(21)20-9-6-14(7-10-20)19-15(17)18-8-4-5-11-23-13-12-22-2/h14H,3-13H2,1-2H3,(H3,17,18,19). The lowest BCUT2D eigenvalue weighted by Crippen LogP contribution is -2.48. The number of guanidine groups is 1. The lowest BCUT2D eigenvalue weighted by molar-refractivity contribution is 0.0690. The Kier molecular flexibility index (Phi) is 11.0. The van der Waals surface area contributed by atoms with Gasteiger partial charge >= 0.3 is 6.09 Å². The Hall–Kier alpha value is -1.54. The molecule has 0 spiro atoms. The average molecular weight is 344 g/mol. The first-order chi connectivity index (χ1) is 11.7. The van der Waals surface area contributed by atoms with Gasteiger partial charge in [0.25, 0.3) is 0 Å². The Morgan fingerprint density at radius 2 is 2.00 bits per heavy atom. The molecule has 1 fully saturated rings. The number of aliphatic imine (C=N–C) groups is 1. The van der Waals surface area contributed by atoms with E-state index in [9.17, 15) is 4.79 Å². The van der Waals surface area contributed by atoms with Crippen LogP contribution in [0.15, 0.2) is 4.99 Å². The first kappa shape index (κ1) is 20.5. The molecule has 0 aliphatic carbocycles. The zero-order chi connectivity index (χ0) is 17.6. The minimum Gasteiger partial charge on any atom is -0.450 e. The Morgan fingerprint density at radius 3 is 2.67 bits per heavy atom. The number of likely N-dealkylation sites (tertiary alicyclic amines) is 1. The summed E-state index contributed by atoms with van der Waals surface area (Å²) in [6.07, 6.45) is 3.37. The van der Waals surface area contributed by atoms with Crippen LogP contribution in [0.25, 0.3) is 0 Å². The minimum absolute atomic E-state index is 0.231. The number of carbonyl (C=O) groups excluding carboxylic acids is 1. The number of nitrogens with zero attached hydrogens (tertiary/aromatic N) is 2. The number of ether oxygens (including phenoxy) is 3. The van der Waals surface area contributed by atoms with Crippen LogP contribution >= 0.6 is 0 Å². The molecule has 0 aromatic carbocycles. The first-order valence-corrected chi connectivity index (χ1v) is 8.72. The number of methoxy groups -OCH3 is 1. The highest BCUT2D eigenvalue weighted by atomic mass is 16.6. The van der Waals surface area contributed by atoms with E-state index < -0.39 is 0 Å². The van der Waals surface area contributed by atoms with Gasteiger partial charge in [-0.2, -0.15) is 0 Å². The van der Waals surface area contributed by atoms with Crippen molar-refractivity contribution in [3.63, 3.8) is 0 Å². The number of carbonyl (C=O) groups is 1. The number of rotatable bonds is 10. The second-order valence-corrected chi connectivity index (χ2v) is 5.68. The highest BCUT2D eigenvalue weighted by Crippen LogP contribution is 2.11. The van der Waals surface area contributed by atoms with Gasteiger partial charge in [0, 0.05) is 39.4 Å². The largest absolute Gasteiger partial charge is 0.450 e. The van der Waals surface area contributed by atoms with Crippen molar-refractivity contribution in [2.24, 2.45) is 10.7 Å². The Morgan fingerprint density at radius 1 is 1.25 bits per heavy atom. The van der Waals surface area contributed by atoms with Crippen molar-refractivity contribution in [2.75, 3.05) is 53.2 Å². The van der Waals surface area contributed by atoms with Crippen LogP contribution in [0.1, 0.15) is 32.6 Å². The van der Waals surface area contributed by atoms with Crippen LogP contribution in [0.5, 0.6) is 0 Å². The van der Waals surface area contributed by atoms with Gasteiger partial charge < -0.3 is 30.2 Å². The smallest absolute Gasteiger partial charge is 0.409 e. The maximum atomic E-state index is 11.6. The quantitative estimate of drug-likeness (QED) is 0.348. The number of piperidine rings is 1. The maximum absolute atomic E-state index is 11.6. The molecule has 8 heteroatoms. The van der Waals surface area contributed by atoms with E-state index in [4.69, 9.17) is 19.9 Å². The predicted octanol–water partition coefficient (Wildman–Crippen LogP) is 0.955. The van der Waals surface area contributed by atoms with Crippen molar-refractivity contribution >= 4 is 12.1 Å². The molecule has 1 rings (SSSR count).